The number of anilines is 3. The molecule has 2 aliphatic rings. The summed E-state index contributed by atoms with van der Waals surface area (Å²) in [6.07, 6.45) is 8.67. The Kier molecular flexibility index (Phi) is 5.26. The molecule has 3 aromatic heterocycles. The lowest BCUT2D eigenvalue weighted by Crippen LogP contribution is -2.47. The van der Waals surface area contributed by atoms with Gasteiger partial charge in [-0.2, -0.15) is 20.4 Å². The Labute approximate surface area is 180 Å². The second-order valence-electron chi connectivity index (χ2n) is 8.35. The second kappa shape index (κ2) is 8.35. The van der Waals surface area contributed by atoms with E-state index in [0.717, 1.165) is 36.3 Å². The average Bonchev–Trinajstić information content (AvgIpc) is 3.47. The molecule has 10 heteroatoms. The molecular weight excluding hydrogens is 392 g/mol. The van der Waals surface area contributed by atoms with Crippen molar-refractivity contribution in [2.45, 2.75) is 57.2 Å². The third-order valence-electron chi connectivity index (χ3n) is 6.18. The molecule has 0 radical (unpaired) electrons. The molecule has 10 nitrogen and oxygen atoms in total. The predicted molar refractivity (Wildman–Crippen MR) is 117 cm³/mol. The first-order valence-electron chi connectivity index (χ1n) is 10.7. The van der Waals surface area contributed by atoms with Crippen LogP contribution in [0.3, 0.4) is 0 Å². The van der Waals surface area contributed by atoms with Gasteiger partial charge in [0.05, 0.1) is 18.0 Å². The molecule has 2 aliphatic heterocycles. The number of fused-ring (bicyclic) bond motifs is 2. The average molecular weight is 419 g/mol. The molecule has 2 bridgehead atoms. The number of aryl methyl sites for hydroxylation is 1. The minimum absolute atomic E-state index is 0.316. The van der Waals surface area contributed by atoms with Crippen molar-refractivity contribution in [3.8, 4) is 17.3 Å². The number of rotatable bonds is 7. The monoisotopic (exact) mass is 418 g/mol. The van der Waals surface area contributed by atoms with Crippen LogP contribution in [-0.4, -0.2) is 59.9 Å². The largest absolute Gasteiger partial charge is 0.351 e. The molecule has 160 valence electrons. The molecule has 31 heavy (non-hydrogen) atoms. The number of hydrogen-bond donors (Lipinski definition) is 4. The third kappa shape index (κ3) is 4.22. The lowest BCUT2D eigenvalue weighted by atomic mass is 9.97. The molecule has 2 saturated heterocycles. The van der Waals surface area contributed by atoms with E-state index in [9.17, 15) is 0 Å². The van der Waals surface area contributed by atoms with Gasteiger partial charge in [-0.25, -0.2) is 4.98 Å². The van der Waals surface area contributed by atoms with E-state index in [4.69, 9.17) is 15.2 Å². The van der Waals surface area contributed by atoms with E-state index >= 15 is 0 Å². The van der Waals surface area contributed by atoms with Crippen LogP contribution in [0.5, 0.6) is 0 Å². The SMILES string of the molecule is Cc1cc(Nc2cc(-c3cn[nH]c3)nc(N[C@@H]3C[C@H]4CC[C@@H](C3)N4CCC#N)n2)n[nH]1. The normalized spacial score (nSPS) is 22.9. The number of aromatic amines is 2. The fraction of sp³-hybridized carbons (Fsp3) is 0.476. The van der Waals surface area contributed by atoms with Crippen molar-refractivity contribution < 1.29 is 0 Å². The van der Waals surface area contributed by atoms with Crippen molar-refractivity contribution in [1.82, 2.24) is 35.3 Å². The molecule has 5 heterocycles. The van der Waals surface area contributed by atoms with Gasteiger partial charge in [-0.05, 0) is 32.6 Å². The number of nitrogens with zero attached hydrogens (tertiary/aromatic N) is 6. The topological polar surface area (TPSA) is 134 Å². The molecule has 0 aliphatic carbocycles. The van der Waals surface area contributed by atoms with E-state index in [1.165, 1.54) is 12.8 Å². The number of hydrogen-bond acceptors (Lipinski definition) is 8. The van der Waals surface area contributed by atoms with Gasteiger partial charge in [0, 0.05) is 60.7 Å². The fourth-order valence-corrected chi connectivity index (χ4v) is 4.85. The zero-order chi connectivity index (χ0) is 21.2. The molecule has 0 saturated carbocycles. The first kappa shape index (κ1) is 19.5. The molecule has 0 spiro atoms. The van der Waals surface area contributed by atoms with Gasteiger partial charge in [0.2, 0.25) is 5.95 Å². The van der Waals surface area contributed by atoms with Crippen molar-refractivity contribution >= 4 is 17.6 Å². The van der Waals surface area contributed by atoms with Gasteiger partial charge in [-0.1, -0.05) is 0 Å². The van der Waals surface area contributed by atoms with Crippen LogP contribution < -0.4 is 10.6 Å². The van der Waals surface area contributed by atoms with Crippen LogP contribution in [0.1, 0.15) is 37.8 Å². The highest BCUT2D eigenvalue weighted by Gasteiger charge is 2.40. The lowest BCUT2D eigenvalue weighted by molar-refractivity contribution is 0.135. The van der Waals surface area contributed by atoms with Crippen molar-refractivity contribution in [1.29, 1.82) is 5.26 Å². The summed E-state index contributed by atoms with van der Waals surface area (Å²) in [7, 11) is 0. The van der Waals surface area contributed by atoms with Crippen LogP contribution in [0.4, 0.5) is 17.6 Å². The molecule has 2 fully saturated rings. The van der Waals surface area contributed by atoms with Gasteiger partial charge in [0.25, 0.3) is 0 Å². The van der Waals surface area contributed by atoms with Gasteiger partial charge in [0.15, 0.2) is 5.82 Å². The summed E-state index contributed by atoms with van der Waals surface area (Å²) < 4.78 is 0. The highest BCUT2D eigenvalue weighted by Crippen LogP contribution is 2.36. The summed E-state index contributed by atoms with van der Waals surface area (Å²) in [6, 6.07) is 7.49. The summed E-state index contributed by atoms with van der Waals surface area (Å²) in [6.45, 7) is 2.83. The van der Waals surface area contributed by atoms with Crippen LogP contribution in [0.15, 0.2) is 24.5 Å². The summed E-state index contributed by atoms with van der Waals surface area (Å²) in [5.74, 6) is 1.99. The van der Waals surface area contributed by atoms with Crippen LogP contribution in [0.2, 0.25) is 0 Å². The Morgan fingerprint density at radius 2 is 2.03 bits per heavy atom. The van der Waals surface area contributed by atoms with Gasteiger partial charge in [0.1, 0.15) is 5.82 Å². The second-order valence-corrected chi connectivity index (χ2v) is 8.35. The molecule has 3 aromatic rings. The zero-order valence-corrected chi connectivity index (χ0v) is 17.5. The smallest absolute Gasteiger partial charge is 0.225 e. The highest BCUT2D eigenvalue weighted by molar-refractivity contribution is 5.65. The van der Waals surface area contributed by atoms with E-state index in [0.29, 0.717) is 42.1 Å². The molecule has 0 unspecified atom stereocenters. The van der Waals surface area contributed by atoms with Crippen molar-refractivity contribution in [2.75, 3.05) is 17.2 Å². The summed E-state index contributed by atoms with van der Waals surface area (Å²) in [5, 5.41) is 29.9. The Morgan fingerprint density at radius 1 is 1.19 bits per heavy atom. The number of aromatic nitrogens is 6. The minimum Gasteiger partial charge on any atom is -0.351 e. The van der Waals surface area contributed by atoms with E-state index in [1.54, 1.807) is 6.20 Å². The Morgan fingerprint density at radius 3 is 2.71 bits per heavy atom. The van der Waals surface area contributed by atoms with E-state index in [-0.39, 0.29) is 0 Å². The Balaban J connectivity index is 1.35. The first-order chi connectivity index (χ1) is 15.2. The summed E-state index contributed by atoms with van der Waals surface area (Å²) >= 11 is 0. The molecule has 0 amide bonds. The van der Waals surface area contributed by atoms with E-state index in [1.807, 2.05) is 25.3 Å². The van der Waals surface area contributed by atoms with Gasteiger partial charge in [-0.15, -0.1) is 0 Å². The molecule has 3 atom stereocenters. The maximum atomic E-state index is 8.95. The molecule has 4 N–H and O–H groups in total. The molecule has 0 aromatic carbocycles. The van der Waals surface area contributed by atoms with Crippen molar-refractivity contribution in [2.24, 2.45) is 0 Å². The van der Waals surface area contributed by atoms with E-state index in [2.05, 4.69) is 42.0 Å². The van der Waals surface area contributed by atoms with E-state index < -0.39 is 0 Å². The van der Waals surface area contributed by atoms with Crippen molar-refractivity contribution in [3.63, 3.8) is 0 Å². The zero-order valence-electron chi connectivity index (χ0n) is 17.5. The van der Waals surface area contributed by atoms with Crippen LogP contribution in [0, 0.1) is 18.3 Å². The maximum absolute atomic E-state index is 8.95. The first-order valence-corrected chi connectivity index (χ1v) is 10.7. The lowest BCUT2D eigenvalue weighted by Gasteiger charge is -2.38. The number of nitrogens with one attached hydrogen (secondary N) is 4. The van der Waals surface area contributed by atoms with Crippen LogP contribution in [0.25, 0.3) is 11.3 Å². The number of nitriles is 1. The van der Waals surface area contributed by atoms with Gasteiger partial charge in [-0.3, -0.25) is 15.1 Å². The fourth-order valence-electron chi connectivity index (χ4n) is 4.85. The van der Waals surface area contributed by atoms with Crippen LogP contribution >= 0.6 is 0 Å². The maximum Gasteiger partial charge on any atom is 0.225 e. The minimum atomic E-state index is 0.316. The van der Waals surface area contributed by atoms with Crippen molar-refractivity contribution in [3.05, 3.63) is 30.2 Å². The standard InChI is InChI=1S/C21H26N10/c1-13-7-20(30-29-13)27-19-10-18(14-11-23-24-12-14)26-21(28-19)25-15-8-16-3-4-17(9-15)31(16)6-2-5-22/h7,10-12,15-17H,2-4,6,8-9H2,1H3,(H,23,24)(H3,25,26,27,28,29,30)/t15-,16-,17+. The highest BCUT2D eigenvalue weighted by atomic mass is 15.3. The van der Waals surface area contributed by atoms with Gasteiger partial charge < -0.3 is 10.6 Å². The summed E-state index contributed by atoms with van der Waals surface area (Å²) in [4.78, 5) is 12.0. The number of piperidine rings is 1. The molecule has 5 rings (SSSR count). The number of H-pyrrole nitrogens is 2. The van der Waals surface area contributed by atoms with Crippen LogP contribution in [-0.2, 0) is 0 Å². The van der Waals surface area contributed by atoms with Gasteiger partial charge >= 0.3 is 0 Å². The Bertz CT molecular complexity index is 1050. The predicted octanol–water partition coefficient (Wildman–Crippen LogP) is 2.96. The third-order valence-corrected chi connectivity index (χ3v) is 6.18. The molecular formula is C21H26N10. The Hall–Kier alpha value is -3.45. The quantitative estimate of drug-likeness (QED) is 0.460. The summed E-state index contributed by atoms with van der Waals surface area (Å²) in [5.41, 5.74) is 2.66.